The van der Waals surface area contributed by atoms with Gasteiger partial charge in [-0.15, -0.1) is 11.3 Å². The minimum atomic E-state index is 0.786. The summed E-state index contributed by atoms with van der Waals surface area (Å²) >= 11 is 1.73. The second kappa shape index (κ2) is 4.86. The van der Waals surface area contributed by atoms with Crippen LogP contribution in [0.15, 0.2) is 72.9 Å². The van der Waals surface area contributed by atoms with E-state index in [0.29, 0.717) is 0 Å². The van der Waals surface area contributed by atoms with Crippen LogP contribution in [-0.2, 0) is 0 Å². The third-order valence-corrected chi connectivity index (χ3v) is 5.22. The van der Waals surface area contributed by atoms with Gasteiger partial charge in [-0.25, -0.2) is 9.97 Å². The van der Waals surface area contributed by atoms with E-state index < -0.39 is 0 Å². The predicted molar refractivity (Wildman–Crippen MR) is 97.9 cm³/mol. The first-order chi connectivity index (χ1) is 11.4. The average molecular weight is 312 g/mol. The second-order valence-corrected chi connectivity index (χ2v) is 6.57. The Bertz CT molecular complexity index is 1160. The molecule has 2 heterocycles. The van der Waals surface area contributed by atoms with Crippen LogP contribution in [-0.4, -0.2) is 9.97 Å². The van der Waals surface area contributed by atoms with Crippen molar-refractivity contribution in [3.8, 4) is 11.4 Å². The van der Waals surface area contributed by atoms with Crippen molar-refractivity contribution >= 4 is 42.4 Å². The van der Waals surface area contributed by atoms with Crippen molar-refractivity contribution < 1.29 is 0 Å². The highest BCUT2D eigenvalue weighted by atomic mass is 32.1. The molecule has 0 spiro atoms. The Labute approximate surface area is 137 Å². The maximum absolute atomic E-state index is 4.80. The molecule has 108 valence electrons. The molecular weight excluding hydrogens is 300 g/mol. The van der Waals surface area contributed by atoms with Crippen LogP contribution in [0.4, 0.5) is 0 Å². The Morgan fingerprint density at radius 3 is 2.48 bits per heavy atom. The SMILES string of the molecule is c1ccc(-c2ncc3c(n2)sc2ccc4ccccc4c23)cc1. The fourth-order valence-corrected chi connectivity index (χ4v) is 4.12. The van der Waals surface area contributed by atoms with Crippen LogP contribution in [0.3, 0.4) is 0 Å². The van der Waals surface area contributed by atoms with Gasteiger partial charge in [0.1, 0.15) is 4.83 Å². The van der Waals surface area contributed by atoms with E-state index in [2.05, 4.69) is 41.4 Å². The summed E-state index contributed by atoms with van der Waals surface area (Å²) in [6, 6.07) is 23.0. The highest BCUT2D eigenvalue weighted by Crippen LogP contribution is 2.37. The van der Waals surface area contributed by atoms with E-state index in [0.717, 1.165) is 21.6 Å². The number of nitrogens with zero attached hydrogens (tertiary/aromatic N) is 2. The summed E-state index contributed by atoms with van der Waals surface area (Å²) in [5.41, 5.74) is 1.05. The normalized spacial score (nSPS) is 11.5. The summed E-state index contributed by atoms with van der Waals surface area (Å²) in [6.45, 7) is 0. The van der Waals surface area contributed by atoms with Gasteiger partial charge in [0.05, 0.1) is 0 Å². The monoisotopic (exact) mass is 312 g/mol. The molecule has 0 aliphatic heterocycles. The van der Waals surface area contributed by atoms with Gasteiger partial charge in [-0.05, 0) is 16.8 Å². The maximum atomic E-state index is 4.80. The van der Waals surface area contributed by atoms with E-state index in [4.69, 9.17) is 4.98 Å². The highest BCUT2D eigenvalue weighted by Gasteiger charge is 2.11. The average Bonchev–Trinajstić information content (AvgIpc) is 3.00. The number of hydrogen-bond donors (Lipinski definition) is 0. The van der Waals surface area contributed by atoms with Crippen molar-refractivity contribution in [3.63, 3.8) is 0 Å². The summed E-state index contributed by atoms with van der Waals surface area (Å²) in [6.07, 6.45) is 1.97. The lowest BCUT2D eigenvalue weighted by Gasteiger charge is -2.01. The van der Waals surface area contributed by atoms with Crippen molar-refractivity contribution in [2.24, 2.45) is 0 Å². The topological polar surface area (TPSA) is 25.8 Å². The fourth-order valence-electron chi connectivity index (χ4n) is 3.06. The Morgan fingerprint density at radius 2 is 1.57 bits per heavy atom. The molecule has 0 amide bonds. The molecule has 0 saturated carbocycles. The molecule has 2 nitrogen and oxygen atoms in total. The Hall–Kier alpha value is -2.78. The zero-order valence-corrected chi connectivity index (χ0v) is 13.0. The van der Waals surface area contributed by atoms with Crippen LogP contribution in [0.2, 0.25) is 0 Å². The van der Waals surface area contributed by atoms with Gasteiger partial charge in [-0.3, -0.25) is 0 Å². The second-order valence-electron chi connectivity index (χ2n) is 5.54. The van der Waals surface area contributed by atoms with Gasteiger partial charge in [0.15, 0.2) is 5.82 Å². The molecule has 3 aromatic carbocycles. The molecule has 0 aliphatic rings. The lowest BCUT2D eigenvalue weighted by molar-refractivity contribution is 1.24. The first kappa shape index (κ1) is 12.7. The minimum Gasteiger partial charge on any atom is -0.236 e. The smallest absolute Gasteiger partial charge is 0.160 e. The Balaban J connectivity index is 1.85. The molecule has 23 heavy (non-hydrogen) atoms. The third-order valence-electron chi connectivity index (χ3n) is 4.15. The number of fused-ring (bicyclic) bond motifs is 5. The Kier molecular flexibility index (Phi) is 2.69. The predicted octanol–water partition coefficient (Wildman–Crippen LogP) is 5.66. The number of benzene rings is 3. The Morgan fingerprint density at radius 1 is 0.739 bits per heavy atom. The number of thiophene rings is 1. The third kappa shape index (κ3) is 1.94. The summed E-state index contributed by atoms with van der Waals surface area (Å²) in [4.78, 5) is 10.4. The van der Waals surface area contributed by atoms with Gasteiger partial charge < -0.3 is 0 Å². The highest BCUT2D eigenvalue weighted by molar-refractivity contribution is 7.25. The standard InChI is InChI=1S/C20H12N2S/c1-2-7-14(8-3-1)19-21-12-16-18-15-9-5-4-6-13(15)10-11-17(18)23-20(16)22-19/h1-12H. The lowest BCUT2D eigenvalue weighted by atomic mass is 10.1. The number of aromatic nitrogens is 2. The largest absolute Gasteiger partial charge is 0.236 e. The minimum absolute atomic E-state index is 0.786. The summed E-state index contributed by atoms with van der Waals surface area (Å²) in [5.74, 6) is 0.786. The van der Waals surface area contributed by atoms with Gasteiger partial charge in [0, 0.05) is 27.2 Å². The van der Waals surface area contributed by atoms with E-state index in [-0.39, 0.29) is 0 Å². The van der Waals surface area contributed by atoms with Crippen molar-refractivity contribution in [2.75, 3.05) is 0 Å². The first-order valence-corrected chi connectivity index (χ1v) is 8.34. The summed E-state index contributed by atoms with van der Waals surface area (Å²) < 4.78 is 1.26. The van der Waals surface area contributed by atoms with Crippen LogP contribution in [0.5, 0.6) is 0 Å². The van der Waals surface area contributed by atoms with Gasteiger partial charge in [0.2, 0.25) is 0 Å². The van der Waals surface area contributed by atoms with Gasteiger partial charge in [-0.1, -0.05) is 60.7 Å². The van der Waals surface area contributed by atoms with E-state index in [1.807, 2.05) is 36.5 Å². The van der Waals surface area contributed by atoms with Crippen LogP contribution < -0.4 is 0 Å². The molecule has 0 bridgehead atoms. The van der Waals surface area contributed by atoms with Gasteiger partial charge >= 0.3 is 0 Å². The summed E-state index contributed by atoms with van der Waals surface area (Å²) in [5, 5.41) is 4.93. The molecule has 3 heteroatoms. The van der Waals surface area contributed by atoms with Crippen molar-refractivity contribution in [1.82, 2.24) is 9.97 Å². The van der Waals surface area contributed by atoms with Crippen molar-refractivity contribution in [3.05, 3.63) is 72.9 Å². The molecule has 0 atom stereocenters. The molecule has 0 fully saturated rings. The first-order valence-electron chi connectivity index (χ1n) is 7.52. The van der Waals surface area contributed by atoms with Crippen molar-refractivity contribution in [2.45, 2.75) is 0 Å². The van der Waals surface area contributed by atoms with Gasteiger partial charge in [0.25, 0.3) is 0 Å². The lowest BCUT2D eigenvalue weighted by Crippen LogP contribution is -1.87. The quantitative estimate of drug-likeness (QED) is 0.399. The number of hydrogen-bond acceptors (Lipinski definition) is 3. The molecule has 2 aromatic heterocycles. The molecular formula is C20H12N2S. The van der Waals surface area contributed by atoms with E-state index in [1.54, 1.807) is 11.3 Å². The van der Waals surface area contributed by atoms with E-state index in [9.17, 15) is 0 Å². The van der Waals surface area contributed by atoms with Crippen LogP contribution in [0.25, 0.3) is 42.5 Å². The molecule has 5 aromatic rings. The number of rotatable bonds is 1. The molecule has 0 unspecified atom stereocenters. The van der Waals surface area contributed by atoms with Crippen LogP contribution >= 0.6 is 11.3 Å². The van der Waals surface area contributed by atoms with Gasteiger partial charge in [-0.2, -0.15) is 0 Å². The zero-order valence-electron chi connectivity index (χ0n) is 12.2. The molecule has 0 aliphatic carbocycles. The molecule has 0 saturated heterocycles. The molecule has 0 radical (unpaired) electrons. The van der Waals surface area contributed by atoms with E-state index >= 15 is 0 Å². The summed E-state index contributed by atoms with van der Waals surface area (Å²) in [7, 11) is 0. The molecule has 0 N–H and O–H groups in total. The van der Waals surface area contributed by atoms with Crippen LogP contribution in [0, 0.1) is 0 Å². The fraction of sp³-hybridized carbons (Fsp3) is 0. The van der Waals surface area contributed by atoms with Crippen molar-refractivity contribution in [1.29, 1.82) is 0 Å². The van der Waals surface area contributed by atoms with Crippen LogP contribution in [0.1, 0.15) is 0 Å². The maximum Gasteiger partial charge on any atom is 0.160 e. The van der Waals surface area contributed by atoms with E-state index in [1.165, 1.54) is 20.9 Å². The zero-order chi connectivity index (χ0) is 15.2. The molecule has 5 rings (SSSR count).